The van der Waals surface area contributed by atoms with Crippen molar-refractivity contribution >= 4 is 17.6 Å². The van der Waals surface area contributed by atoms with Crippen LogP contribution in [0.25, 0.3) is 0 Å². The molecule has 0 spiro atoms. The van der Waals surface area contributed by atoms with Crippen molar-refractivity contribution < 1.29 is 18.8 Å². The second kappa shape index (κ2) is 6.68. The molecule has 1 saturated heterocycles. The molecule has 0 saturated carbocycles. The van der Waals surface area contributed by atoms with Gasteiger partial charge in [0.15, 0.2) is 5.78 Å². The number of carbonyl (C=O) groups excluding carboxylic acids is 3. The first-order valence-corrected chi connectivity index (χ1v) is 9.20. The van der Waals surface area contributed by atoms with E-state index in [-0.39, 0.29) is 36.0 Å². The third-order valence-electron chi connectivity index (χ3n) is 5.67. The molecule has 0 aromatic carbocycles. The van der Waals surface area contributed by atoms with Crippen molar-refractivity contribution in [3.8, 4) is 0 Å². The van der Waals surface area contributed by atoms with Crippen molar-refractivity contribution in [2.75, 3.05) is 6.54 Å². The number of furan rings is 1. The van der Waals surface area contributed by atoms with Gasteiger partial charge in [0.25, 0.3) is 0 Å². The Morgan fingerprint density at radius 2 is 1.81 bits per heavy atom. The SMILES string of the molecule is Cc1cc(C(=O)CN2C(=O)[C@@H]3CC=CC[C@H]3C2=O)c(C)n1Cc1ccco1. The van der Waals surface area contributed by atoms with Crippen LogP contribution in [0, 0.1) is 25.7 Å². The Kier molecular flexibility index (Phi) is 4.34. The van der Waals surface area contributed by atoms with Crippen molar-refractivity contribution in [3.05, 3.63) is 59.3 Å². The molecule has 2 aromatic rings. The van der Waals surface area contributed by atoms with Gasteiger partial charge in [0.1, 0.15) is 5.76 Å². The molecular formula is C21H22N2O4. The lowest BCUT2D eigenvalue weighted by atomic mass is 9.85. The van der Waals surface area contributed by atoms with Crippen LogP contribution in [0.4, 0.5) is 0 Å². The zero-order chi connectivity index (χ0) is 19.1. The van der Waals surface area contributed by atoms with Crippen LogP contribution in [0.15, 0.2) is 41.0 Å². The Hall–Kier alpha value is -2.89. The van der Waals surface area contributed by atoms with Crippen LogP contribution < -0.4 is 0 Å². The fraction of sp³-hybridized carbons (Fsp3) is 0.381. The highest BCUT2D eigenvalue weighted by Gasteiger charge is 2.47. The van der Waals surface area contributed by atoms with Crippen molar-refractivity contribution in [2.45, 2.75) is 33.2 Å². The molecule has 0 unspecified atom stereocenters. The maximum absolute atomic E-state index is 12.9. The number of imide groups is 1. The number of hydrogen-bond acceptors (Lipinski definition) is 4. The molecule has 2 atom stereocenters. The summed E-state index contributed by atoms with van der Waals surface area (Å²) >= 11 is 0. The van der Waals surface area contributed by atoms with Crippen molar-refractivity contribution in [1.29, 1.82) is 0 Å². The normalized spacial score (nSPS) is 21.8. The van der Waals surface area contributed by atoms with Crippen LogP contribution in [0.5, 0.6) is 0 Å². The Bertz CT molecular complexity index is 910. The predicted molar refractivity (Wildman–Crippen MR) is 98.1 cm³/mol. The first-order valence-electron chi connectivity index (χ1n) is 9.20. The summed E-state index contributed by atoms with van der Waals surface area (Å²) in [6.45, 7) is 4.16. The summed E-state index contributed by atoms with van der Waals surface area (Å²) in [6, 6.07) is 5.53. The number of aryl methyl sites for hydroxylation is 1. The number of rotatable bonds is 5. The Morgan fingerprint density at radius 3 is 2.41 bits per heavy atom. The van der Waals surface area contributed by atoms with E-state index in [2.05, 4.69) is 0 Å². The van der Waals surface area contributed by atoms with Crippen LogP contribution in [-0.2, 0) is 16.1 Å². The Balaban J connectivity index is 1.54. The molecule has 4 rings (SSSR count). The quantitative estimate of drug-likeness (QED) is 0.463. The zero-order valence-electron chi connectivity index (χ0n) is 15.5. The number of hydrogen-bond donors (Lipinski definition) is 0. The molecular weight excluding hydrogens is 344 g/mol. The summed E-state index contributed by atoms with van der Waals surface area (Å²) in [5, 5.41) is 0. The van der Waals surface area contributed by atoms with Gasteiger partial charge in [0.05, 0.1) is 31.2 Å². The molecule has 6 nitrogen and oxygen atoms in total. The molecule has 2 amide bonds. The van der Waals surface area contributed by atoms with Crippen molar-refractivity contribution in [3.63, 3.8) is 0 Å². The molecule has 2 aromatic heterocycles. The van der Waals surface area contributed by atoms with E-state index in [4.69, 9.17) is 4.42 Å². The van der Waals surface area contributed by atoms with E-state index in [1.54, 1.807) is 6.26 Å². The number of amides is 2. The minimum absolute atomic E-state index is 0.185. The van der Waals surface area contributed by atoms with Gasteiger partial charge in [-0.3, -0.25) is 19.3 Å². The third kappa shape index (κ3) is 2.95. The van der Waals surface area contributed by atoms with Crippen LogP contribution >= 0.6 is 0 Å². The van der Waals surface area contributed by atoms with Gasteiger partial charge in [0, 0.05) is 17.0 Å². The summed E-state index contributed by atoms with van der Waals surface area (Å²) in [5.41, 5.74) is 2.30. The minimum atomic E-state index is -0.304. The fourth-order valence-corrected chi connectivity index (χ4v) is 4.14. The van der Waals surface area contributed by atoms with E-state index in [1.807, 2.05) is 48.8 Å². The predicted octanol–water partition coefficient (Wildman–Crippen LogP) is 2.88. The molecule has 0 radical (unpaired) electrons. The highest BCUT2D eigenvalue weighted by molar-refractivity contribution is 6.10. The van der Waals surface area contributed by atoms with E-state index < -0.39 is 0 Å². The van der Waals surface area contributed by atoms with Gasteiger partial charge >= 0.3 is 0 Å². The number of Topliss-reactive ketones (excluding diaryl/α,β-unsaturated/α-hetero) is 1. The molecule has 6 heteroatoms. The number of allylic oxidation sites excluding steroid dienone is 2. The summed E-state index contributed by atoms with van der Waals surface area (Å²) in [5.74, 6) is -0.443. The van der Waals surface area contributed by atoms with Gasteiger partial charge in [0.2, 0.25) is 11.8 Å². The second-order valence-electron chi connectivity index (χ2n) is 7.29. The lowest BCUT2D eigenvalue weighted by Crippen LogP contribution is -2.36. The summed E-state index contributed by atoms with van der Waals surface area (Å²) in [6.07, 6.45) is 6.67. The largest absolute Gasteiger partial charge is 0.467 e. The number of aromatic nitrogens is 1. The van der Waals surface area contributed by atoms with Crippen LogP contribution in [0.2, 0.25) is 0 Å². The standard InChI is InChI=1S/C21H22N2O4/c1-13-10-18(14(2)22(13)11-15-6-5-9-27-15)19(24)12-23-20(25)16-7-3-4-8-17(16)21(23)26/h3-6,9-10,16-17H,7-8,11-12H2,1-2H3/t16-,17-/m1/s1. The topological polar surface area (TPSA) is 72.5 Å². The molecule has 3 heterocycles. The van der Waals surface area contributed by atoms with E-state index in [0.717, 1.165) is 22.0 Å². The fourth-order valence-electron chi connectivity index (χ4n) is 4.14. The maximum Gasteiger partial charge on any atom is 0.233 e. The van der Waals surface area contributed by atoms with E-state index in [1.165, 1.54) is 0 Å². The molecule has 27 heavy (non-hydrogen) atoms. The second-order valence-corrected chi connectivity index (χ2v) is 7.29. The Morgan fingerprint density at radius 1 is 1.15 bits per heavy atom. The summed E-state index contributed by atoms with van der Waals surface area (Å²) in [7, 11) is 0. The first kappa shape index (κ1) is 17.5. The molecule has 0 bridgehead atoms. The van der Waals surface area contributed by atoms with Gasteiger partial charge in [-0.25, -0.2) is 0 Å². The Labute approximate surface area is 157 Å². The van der Waals surface area contributed by atoms with Crippen LogP contribution in [0.3, 0.4) is 0 Å². The molecule has 1 fully saturated rings. The van der Waals surface area contributed by atoms with Crippen LogP contribution in [0.1, 0.15) is 40.3 Å². The highest BCUT2D eigenvalue weighted by Crippen LogP contribution is 2.35. The monoisotopic (exact) mass is 366 g/mol. The number of fused-ring (bicyclic) bond motifs is 1. The summed E-state index contributed by atoms with van der Waals surface area (Å²) in [4.78, 5) is 39.2. The molecule has 1 aliphatic carbocycles. The first-order chi connectivity index (χ1) is 13.0. The van der Waals surface area contributed by atoms with Gasteiger partial charge in [-0.15, -0.1) is 0 Å². The van der Waals surface area contributed by atoms with E-state index in [9.17, 15) is 14.4 Å². The van der Waals surface area contributed by atoms with Crippen molar-refractivity contribution in [2.24, 2.45) is 11.8 Å². The molecule has 140 valence electrons. The lowest BCUT2D eigenvalue weighted by molar-refractivity contribution is -0.139. The average Bonchev–Trinajstić information content (AvgIpc) is 3.34. The maximum atomic E-state index is 12.9. The minimum Gasteiger partial charge on any atom is -0.467 e. The number of carbonyl (C=O) groups is 3. The lowest BCUT2D eigenvalue weighted by Gasteiger charge is -2.14. The average molecular weight is 366 g/mol. The van der Waals surface area contributed by atoms with Gasteiger partial charge in [-0.05, 0) is 44.9 Å². The number of ketones is 1. The van der Waals surface area contributed by atoms with E-state index in [0.29, 0.717) is 24.9 Å². The zero-order valence-corrected chi connectivity index (χ0v) is 15.5. The third-order valence-corrected chi connectivity index (χ3v) is 5.67. The highest BCUT2D eigenvalue weighted by atomic mass is 16.3. The number of likely N-dealkylation sites (tertiary alicyclic amines) is 1. The molecule has 1 aliphatic heterocycles. The molecule has 0 N–H and O–H groups in total. The molecule has 2 aliphatic rings. The van der Waals surface area contributed by atoms with Gasteiger partial charge in [-0.1, -0.05) is 12.2 Å². The van der Waals surface area contributed by atoms with Gasteiger partial charge < -0.3 is 8.98 Å². The van der Waals surface area contributed by atoms with Crippen molar-refractivity contribution in [1.82, 2.24) is 9.47 Å². The number of nitrogens with zero attached hydrogens (tertiary/aromatic N) is 2. The van der Waals surface area contributed by atoms with Gasteiger partial charge in [-0.2, -0.15) is 0 Å². The smallest absolute Gasteiger partial charge is 0.233 e. The van der Waals surface area contributed by atoms with E-state index >= 15 is 0 Å². The van der Waals surface area contributed by atoms with Crippen LogP contribution in [-0.4, -0.2) is 33.6 Å². The summed E-state index contributed by atoms with van der Waals surface area (Å²) < 4.78 is 7.40.